The van der Waals surface area contributed by atoms with Crippen molar-refractivity contribution < 1.29 is 13.3 Å². The first-order chi connectivity index (χ1) is 7.20. The molecule has 3 nitrogen and oxygen atoms in total. The molecule has 0 aromatic rings. The highest BCUT2D eigenvalue weighted by Gasteiger charge is 2.48. The standard InChI is InChI=1S/C11H23O3Si/c1-10(11-8-6-5-7-9-11)15(12-2,13-3)14-4/h10H,5-9H2,1-4H3. The largest absolute Gasteiger partial charge is 0.503 e. The van der Waals surface area contributed by atoms with E-state index in [0.717, 1.165) is 0 Å². The molecule has 89 valence electrons. The Morgan fingerprint density at radius 3 is 1.80 bits per heavy atom. The van der Waals surface area contributed by atoms with E-state index in [4.69, 9.17) is 13.3 Å². The van der Waals surface area contributed by atoms with Gasteiger partial charge in [0.1, 0.15) is 0 Å². The van der Waals surface area contributed by atoms with Crippen LogP contribution in [0.15, 0.2) is 0 Å². The number of hydrogen-bond donors (Lipinski definition) is 0. The third-order valence-electron chi connectivity index (χ3n) is 3.49. The van der Waals surface area contributed by atoms with Crippen LogP contribution in [0.4, 0.5) is 0 Å². The Morgan fingerprint density at radius 2 is 1.40 bits per heavy atom. The van der Waals surface area contributed by atoms with Crippen LogP contribution in [0.1, 0.15) is 39.0 Å². The van der Waals surface area contributed by atoms with Crippen molar-refractivity contribution in [2.45, 2.75) is 44.6 Å². The van der Waals surface area contributed by atoms with Crippen molar-refractivity contribution in [2.24, 2.45) is 0 Å². The van der Waals surface area contributed by atoms with Crippen LogP contribution in [-0.4, -0.2) is 30.1 Å². The van der Waals surface area contributed by atoms with Gasteiger partial charge in [0, 0.05) is 26.9 Å². The van der Waals surface area contributed by atoms with E-state index in [2.05, 4.69) is 6.92 Å². The van der Waals surface area contributed by atoms with Crippen molar-refractivity contribution in [3.8, 4) is 0 Å². The predicted molar refractivity (Wildman–Crippen MR) is 62.5 cm³/mol. The minimum Gasteiger partial charge on any atom is -0.377 e. The molecule has 0 aromatic carbocycles. The first-order valence-corrected chi connectivity index (χ1v) is 7.50. The normalized spacial score (nSPS) is 21.6. The molecule has 0 aliphatic heterocycles. The average Bonchev–Trinajstić information content (AvgIpc) is 2.33. The van der Waals surface area contributed by atoms with E-state index in [1.807, 2.05) is 0 Å². The monoisotopic (exact) mass is 231 g/mol. The van der Waals surface area contributed by atoms with E-state index in [1.54, 1.807) is 27.2 Å². The molecular formula is C11H23O3Si. The third kappa shape index (κ3) is 2.81. The third-order valence-corrected chi connectivity index (χ3v) is 6.67. The molecule has 0 bridgehead atoms. The van der Waals surface area contributed by atoms with Gasteiger partial charge in [0.15, 0.2) is 0 Å². The molecule has 0 N–H and O–H groups in total. The molecule has 1 radical (unpaired) electrons. The van der Waals surface area contributed by atoms with Crippen molar-refractivity contribution in [3.05, 3.63) is 5.92 Å². The molecule has 4 heteroatoms. The average molecular weight is 231 g/mol. The highest BCUT2D eigenvalue weighted by Crippen LogP contribution is 2.41. The highest BCUT2D eigenvalue weighted by atomic mass is 28.4. The zero-order valence-corrected chi connectivity index (χ0v) is 11.3. The van der Waals surface area contributed by atoms with Crippen molar-refractivity contribution in [3.63, 3.8) is 0 Å². The van der Waals surface area contributed by atoms with Gasteiger partial charge in [-0.15, -0.1) is 0 Å². The summed E-state index contributed by atoms with van der Waals surface area (Å²) < 4.78 is 16.6. The summed E-state index contributed by atoms with van der Waals surface area (Å²) in [6.45, 7) is 2.18. The molecule has 0 saturated heterocycles. The SMILES string of the molecule is CO[Si](OC)(OC)C(C)[C]1CCCCC1. The molecule has 1 fully saturated rings. The van der Waals surface area contributed by atoms with Gasteiger partial charge in [0.25, 0.3) is 0 Å². The summed E-state index contributed by atoms with van der Waals surface area (Å²) in [6.07, 6.45) is 6.40. The zero-order valence-electron chi connectivity index (χ0n) is 10.3. The van der Waals surface area contributed by atoms with E-state index in [0.29, 0.717) is 5.54 Å². The van der Waals surface area contributed by atoms with Gasteiger partial charge >= 0.3 is 8.80 Å². The summed E-state index contributed by atoms with van der Waals surface area (Å²) in [4.78, 5) is 0. The summed E-state index contributed by atoms with van der Waals surface area (Å²) in [5.74, 6) is 1.57. The van der Waals surface area contributed by atoms with Crippen LogP contribution in [0.25, 0.3) is 0 Å². The van der Waals surface area contributed by atoms with Crippen LogP contribution in [0, 0.1) is 5.92 Å². The van der Waals surface area contributed by atoms with Crippen molar-refractivity contribution in [1.82, 2.24) is 0 Å². The number of hydrogen-bond acceptors (Lipinski definition) is 3. The molecular weight excluding hydrogens is 208 g/mol. The summed E-state index contributed by atoms with van der Waals surface area (Å²) in [5, 5.41) is 0. The Kier molecular flexibility index (Phi) is 5.25. The zero-order chi connectivity index (χ0) is 11.3. The van der Waals surface area contributed by atoms with E-state index in [-0.39, 0.29) is 0 Å². The lowest BCUT2D eigenvalue weighted by molar-refractivity contribution is 0.112. The molecule has 1 aliphatic carbocycles. The predicted octanol–water partition coefficient (Wildman–Crippen LogP) is 2.79. The minimum atomic E-state index is -2.45. The fourth-order valence-corrected chi connectivity index (χ4v) is 4.82. The van der Waals surface area contributed by atoms with E-state index < -0.39 is 8.80 Å². The van der Waals surface area contributed by atoms with E-state index in [1.165, 1.54) is 32.1 Å². The summed E-state index contributed by atoms with van der Waals surface area (Å²) in [5.41, 5.74) is 0.331. The lowest BCUT2D eigenvalue weighted by Gasteiger charge is -2.36. The second kappa shape index (κ2) is 5.99. The van der Waals surface area contributed by atoms with Crippen LogP contribution in [0.3, 0.4) is 0 Å². The van der Waals surface area contributed by atoms with Crippen LogP contribution >= 0.6 is 0 Å². The fourth-order valence-electron chi connectivity index (χ4n) is 2.47. The Balaban J connectivity index is 2.65. The van der Waals surface area contributed by atoms with Crippen LogP contribution in [-0.2, 0) is 13.3 Å². The molecule has 0 aromatic heterocycles. The molecule has 15 heavy (non-hydrogen) atoms. The highest BCUT2D eigenvalue weighted by molar-refractivity contribution is 6.62. The topological polar surface area (TPSA) is 27.7 Å². The molecule has 0 amide bonds. The summed E-state index contributed by atoms with van der Waals surface area (Å²) in [7, 11) is 2.64. The second-order valence-electron chi connectivity index (χ2n) is 4.16. The van der Waals surface area contributed by atoms with Crippen LogP contribution in [0.2, 0.25) is 5.54 Å². The van der Waals surface area contributed by atoms with Gasteiger partial charge in [-0.2, -0.15) is 0 Å². The minimum absolute atomic E-state index is 0.331. The van der Waals surface area contributed by atoms with Gasteiger partial charge < -0.3 is 13.3 Å². The van der Waals surface area contributed by atoms with E-state index in [9.17, 15) is 0 Å². The van der Waals surface area contributed by atoms with Crippen LogP contribution in [0.5, 0.6) is 0 Å². The molecule has 1 atom stereocenters. The lowest BCUT2D eigenvalue weighted by Crippen LogP contribution is -2.48. The van der Waals surface area contributed by atoms with E-state index >= 15 is 0 Å². The quantitative estimate of drug-likeness (QED) is 0.681. The fraction of sp³-hybridized carbons (Fsp3) is 0.909. The smallest absolute Gasteiger partial charge is 0.377 e. The maximum absolute atomic E-state index is 5.52. The lowest BCUT2D eigenvalue weighted by atomic mass is 9.87. The first-order valence-electron chi connectivity index (χ1n) is 5.70. The Bertz CT molecular complexity index is 168. The van der Waals surface area contributed by atoms with Gasteiger partial charge in [0.2, 0.25) is 0 Å². The van der Waals surface area contributed by atoms with Gasteiger partial charge in [-0.05, 0) is 18.8 Å². The van der Waals surface area contributed by atoms with Gasteiger partial charge in [-0.25, -0.2) is 0 Å². The molecule has 0 spiro atoms. The maximum Gasteiger partial charge on any atom is 0.503 e. The van der Waals surface area contributed by atoms with Crippen molar-refractivity contribution in [1.29, 1.82) is 0 Å². The van der Waals surface area contributed by atoms with Gasteiger partial charge in [-0.3, -0.25) is 0 Å². The van der Waals surface area contributed by atoms with Gasteiger partial charge in [0.05, 0.1) is 0 Å². The number of rotatable bonds is 5. The Morgan fingerprint density at radius 1 is 0.933 bits per heavy atom. The molecule has 1 aliphatic rings. The Hall–Kier alpha value is 0.0969. The van der Waals surface area contributed by atoms with Crippen molar-refractivity contribution in [2.75, 3.05) is 21.3 Å². The van der Waals surface area contributed by atoms with Crippen molar-refractivity contribution >= 4 is 8.80 Å². The second-order valence-corrected chi connectivity index (χ2v) is 7.45. The molecule has 1 unspecified atom stereocenters. The molecule has 0 heterocycles. The summed E-state index contributed by atoms with van der Waals surface area (Å²) >= 11 is 0. The molecule has 1 rings (SSSR count). The van der Waals surface area contributed by atoms with Crippen LogP contribution < -0.4 is 0 Å². The summed E-state index contributed by atoms with van der Waals surface area (Å²) in [6, 6.07) is 0. The maximum atomic E-state index is 5.52. The Labute approximate surface area is 94.5 Å². The first kappa shape index (κ1) is 13.2. The van der Waals surface area contributed by atoms with Gasteiger partial charge in [-0.1, -0.05) is 26.2 Å². The molecule has 1 saturated carbocycles.